The number of halogens is 1. The average molecular weight is 627 g/mol. The molecule has 0 radical (unpaired) electrons. The molecule has 0 saturated carbocycles. The van der Waals surface area contributed by atoms with Gasteiger partial charge in [-0.05, 0) is 49.1 Å². The van der Waals surface area contributed by atoms with Crippen LogP contribution in [0.4, 0.5) is 5.82 Å². The Bertz CT molecular complexity index is 2070. The van der Waals surface area contributed by atoms with Gasteiger partial charge in [0.15, 0.2) is 5.65 Å². The molecule has 1 saturated heterocycles. The molecule has 1 unspecified atom stereocenters. The second-order valence-corrected chi connectivity index (χ2v) is 13.0. The zero-order chi connectivity index (χ0) is 30.9. The average Bonchev–Trinajstić information content (AvgIpc) is 3.42. The minimum absolute atomic E-state index is 0.0459. The van der Waals surface area contributed by atoms with Crippen LogP contribution >= 0.6 is 23.4 Å². The zero-order valence-electron chi connectivity index (χ0n) is 24.9. The number of carbonyl (C=O) groups excluding carboxylic acids is 1. The summed E-state index contributed by atoms with van der Waals surface area (Å²) < 4.78 is 1.61. The number of fused-ring (bicyclic) bond motifs is 3. The molecule has 44 heavy (non-hydrogen) atoms. The van der Waals surface area contributed by atoms with Crippen LogP contribution in [0.2, 0.25) is 5.02 Å². The predicted molar refractivity (Wildman–Crippen MR) is 175 cm³/mol. The van der Waals surface area contributed by atoms with Crippen molar-refractivity contribution in [1.82, 2.24) is 34.6 Å². The van der Waals surface area contributed by atoms with Gasteiger partial charge in [0.1, 0.15) is 5.82 Å². The number of aromatic nitrogens is 6. The molecule has 5 aromatic rings. The third-order valence-electron chi connectivity index (χ3n) is 8.56. The Morgan fingerprint density at radius 2 is 2.00 bits per heavy atom. The smallest absolute Gasteiger partial charge is 0.348 e. The molecule has 1 amide bonds. The topological polar surface area (TPSA) is 113 Å². The van der Waals surface area contributed by atoms with E-state index in [1.807, 2.05) is 32.0 Å². The van der Waals surface area contributed by atoms with Crippen molar-refractivity contribution in [3.8, 4) is 16.9 Å². The molecule has 1 N–H and O–H groups in total. The highest BCUT2D eigenvalue weighted by Crippen LogP contribution is 2.47. The second-order valence-electron chi connectivity index (χ2n) is 11.6. The van der Waals surface area contributed by atoms with E-state index in [4.69, 9.17) is 26.6 Å². The van der Waals surface area contributed by atoms with E-state index in [0.717, 1.165) is 43.6 Å². The fourth-order valence-corrected chi connectivity index (χ4v) is 7.99. The van der Waals surface area contributed by atoms with E-state index in [1.54, 1.807) is 33.6 Å². The number of thioether (sulfide) groups is 1. The number of rotatable bonds is 4. The third-order valence-corrected chi connectivity index (χ3v) is 10.3. The molecule has 0 bridgehead atoms. The van der Waals surface area contributed by atoms with Crippen LogP contribution in [0.1, 0.15) is 36.6 Å². The van der Waals surface area contributed by atoms with Gasteiger partial charge in [0.25, 0.3) is 0 Å². The fourth-order valence-electron chi connectivity index (χ4n) is 6.40. The van der Waals surface area contributed by atoms with E-state index in [1.165, 1.54) is 6.08 Å². The van der Waals surface area contributed by atoms with Gasteiger partial charge in [0.05, 0.1) is 45.2 Å². The van der Waals surface area contributed by atoms with Gasteiger partial charge in [0, 0.05) is 47.4 Å². The number of pyridine rings is 2. The number of piperazine rings is 1. The van der Waals surface area contributed by atoms with E-state index < -0.39 is 5.69 Å². The van der Waals surface area contributed by atoms with Crippen molar-refractivity contribution in [2.75, 3.05) is 30.3 Å². The number of nitrogens with one attached hydrogen (secondary N) is 1. The summed E-state index contributed by atoms with van der Waals surface area (Å²) >= 11 is 8.96. The number of hydrogen-bond donors (Lipinski definition) is 1. The van der Waals surface area contributed by atoms with Crippen molar-refractivity contribution >= 4 is 57.0 Å². The molecule has 0 spiro atoms. The maximum Gasteiger partial charge on any atom is 0.355 e. The summed E-state index contributed by atoms with van der Waals surface area (Å²) in [7, 11) is 0. The van der Waals surface area contributed by atoms with Gasteiger partial charge in [-0.25, -0.2) is 14.3 Å². The van der Waals surface area contributed by atoms with Gasteiger partial charge in [-0.3, -0.25) is 14.9 Å². The molecule has 12 heteroatoms. The molecule has 4 aromatic heterocycles. The molecular formula is C32H31ClN8O2S. The molecule has 224 valence electrons. The third kappa shape index (κ3) is 4.32. The van der Waals surface area contributed by atoms with Crippen molar-refractivity contribution in [2.45, 2.75) is 44.6 Å². The van der Waals surface area contributed by atoms with Gasteiger partial charge in [-0.2, -0.15) is 10.1 Å². The SMILES string of the molecule is C=CC(=O)N1CCN2c3nc(=O)n(-c4c(C)ccnc4C(C)C)c4nc(-c5c(C)ccc6[nH]ncc56)c(Cl)c(c34)SCC2C1. The lowest BCUT2D eigenvalue weighted by Gasteiger charge is -2.41. The lowest BCUT2D eigenvalue weighted by atomic mass is 10.00. The quantitative estimate of drug-likeness (QED) is 0.263. The van der Waals surface area contributed by atoms with E-state index in [2.05, 4.69) is 35.5 Å². The van der Waals surface area contributed by atoms with Crippen LogP contribution in [0.15, 0.2) is 52.9 Å². The number of H-pyrrole nitrogens is 1. The highest BCUT2D eigenvalue weighted by Gasteiger charge is 2.37. The van der Waals surface area contributed by atoms with E-state index in [0.29, 0.717) is 53.3 Å². The number of hydrogen-bond acceptors (Lipinski definition) is 8. The van der Waals surface area contributed by atoms with Crippen LogP contribution in [-0.4, -0.2) is 72.0 Å². The summed E-state index contributed by atoms with van der Waals surface area (Å²) in [5, 5.41) is 9.45. The monoisotopic (exact) mass is 626 g/mol. The molecule has 1 fully saturated rings. The highest BCUT2D eigenvalue weighted by molar-refractivity contribution is 7.99. The molecule has 0 aliphatic carbocycles. The van der Waals surface area contributed by atoms with Gasteiger partial charge >= 0.3 is 5.69 Å². The minimum Gasteiger partial charge on any atom is -0.348 e. The molecule has 2 aliphatic heterocycles. The van der Waals surface area contributed by atoms with Crippen molar-refractivity contribution < 1.29 is 4.79 Å². The first-order chi connectivity index (χ1) is 21.2. The van der Waals surface area contributed by atoms with Crippen LogP contribution < -0.4 is 10.6 Å². The molecule has 7 rings (SSSR count). The van der Waals surface area contributed by atoms with Gasteiger partial charge in [-0.15, -0.1) is 11.8 Å². The Morgan fingerprint density at radius 3 is 2.77 bits per heavy atom. The predicted octanol–water partition coefficient (Wildman–Crippen LogP) is 5.42. The van der Waals surface area contributed by atoms with Crippen LogP contribution in [0, 0.1) is 13.8 Å². The van der Waals surface area contributed by atoms with Crippen molar-refractivity contribution in [3.63, 3.8) is 0 Å². The summed E-state index contributed by atoms with van der Waals surface area (Å²) in [4.78, 5) is 46.3. The molecular weight excluding hydrogens is 596 g/mol. The Hall–Kier alpha value is -4.22. The first-order valence-electron chi connectivity index (χ1n) is 14.6. The van der Waals surface area contributed by atoms with E-state index in [-0.39, 0.29) is 17.9 Å². The van der Waals surface area contributed by atoms with Crippen molar-refractivity contribution in [1.29, 1.82) is 0 Å². The molecule has 1 aromatic carbocycles. The zero-order valence-corrected chi connectivity index (χ0v) is 26.5. The van der Waals surface area contributed by atoms with Gasteiger partial charge in [-0.1, -0.05) is 38.1 Å². The standard InChI is InChI=1S/C32H31ClN8O2S/c1-6-22(42)39-11-12-40-19(14-39)15-44-29-24-30(40)37-32(43)41(28-18(5)9-10-34-26(28)16(2)3)31(24)36-27(25(29)33)23-17(4)7-8-21-20(23)13-35-38-21/h6-10,13,16,19H,1,11-12,14-15H2,2-5H3,(H,35,38). The first-order valence-corrected chi connectivity index (χ1v) is 15.9. The van der Waals surface area contributed by atoms with Gasteiger partial charge < -0.3 is 9.80 Å². The highest BCUT2D eigenvalue weighted by atomic mass is 35.5. The first kappa shape index (κ1) is 28.5. The normalized spacial score (nSPS) is 16.5. The largest absolute Gasteiger partial charge is 0.355 e. The second kappa shape index (κ2) is 10.7. The summed E-state index contributed by atoms with van der Waals surface area (Å²) in [6.07, 6.45) is 4.90. The number of anilines is 1. The Balaban J connectivity index is 1.59. The van der Waals surface area contributed by atoms with Crippen LogP contribution in [0.3, 0.4) is 0 Å². The number of aryl methyl sites for hydroxylation is 2. The van der Waals surface area contributed by atoms with Crippen LogP contribution in [0.25, 0.3) is 38.9 Å². The summed E-state index contributed by atoms with van der Waals surface area (Å²) in [5.41, 5.74) is 5.68. The van der Waals surface area contributed by atoms with Crippen molar-refractivity contribution in [2.24, 2.45) is 0 Å². The number of benzene rings is 1. The summed E-state index contributed by atoms with van der Waals surface area (Å²) in [6.45, 7) is 13.3. The number of aromatic amines is 1. The Kier molecular flexibility index (Phi) is 6.97. The maximum absolute atomic E-state index is 14.3. The van der Waals surface area contributed by atoms with E-state index >= 15 is 0 Å². The molecule has 6 heterocycles. The van der Waals surface area contributed by atoms with Crippen molar-refractivity contribution in [3.05, 3.63) is 75.6 Å². The lowest BCUT2D eigenvalue weighted by molar-refractivity contribution is -0.126. The Morgan fingerprint density at radius 1 is 1.18 bits per heavy atom. The minimum atomic E-state index is -0.439. The van der Waals surface area contributed by atoms with Crippen LogP contribution in [-0.2, 0) is 4.79 Å². The molecule has 1 atom stereocenters. The van der Waals surface area contributed by atoms with Crippen LogP contribution in [0.5, 0.6) is 0 Å². The summed E-state index contributed by atoms with van der Waals surface area (Å²) in [5.74, 6) is 1.12. The Labute approximate surface area is 263 Å². The van der Waals surface area contributed by atoms with E-state index in [9.17, 15) is 9.59 Å². The lowest BCUT2D eigenvalue weighted by Crippen LogP contribution is -2.56. The summed E-state index contributed by atoms with van der Waals surface area (Å²) in [6, 6.07) is 5.82. The number of amides is 1. The van der Waals surface area contributed by atoms with Gasteiger partial charge in [0.2, 0.25) is 5.91 Å². The number of carbonyl (C=O) groups is 1. The fraction of sp³-hybridized carbons (Fsp3) is 0.312. The maximum atomic E-state index is 14.3. The number of nitrogens with zero attached hydrogens (tertiary/aromatic N) is 7. The molecule has 10 nitrogen and oxygen atoms in total. The molecule has 2 aliphatic rings.